The Morgan fingerprint density at radius 1 is 1.08 bits per heavy atom. The van der Waals surface area contributed by atoms with Crippen molar-refractivity contribution in [3.05, 3.63) is 47.9 Å². The molecule has 0 spiro atoms. The largest absolute Gasteiger partial charge is 0.493 e. The molecule has 2 aliphatic rings. The van der Waals surface area contributed by atoms with Crippen LogP contribution in [0, 0.1) is 5.92 Å². The lowest BCUT2D eigenvalue weighted by Gasteiger charge is -2.35. The van der Waals surface area contributed by atoms with Gasteiger partial charge in [0.25, 0.3) is 0 Å². The van der Waals surface area contributed by atoms with Gasteiger partial charge in [0.15, 0.2) is 0 Å². The fourth-order valence-electron chi connectivity index (χ4n) is 3.78. The highest BCUT2D eigenvalue weighted by atomic mass is 16.5. The third-order valence-corrected chi connectivity index (χ3v) is 5.31. The van der Waals surface area contributed by atoms with Crippen LogP contribution in [0.15, 0.2) is 36.7 Å². The molecule has 132 valence electrons. The van der Waals surface area contributed by atoms with Gasteiger partial charge in [0.2, 0.25) is 0 Å². The SMILES string of the molecule is CN1CCc2ncnc(N3CCC(COc4ccccc4)CC3)c2C1. The third-order valence-electron chi connectivity index (χ3n) is 5.31. The molecule has 0 atom stereocenters. The first kappa shape index (κ1) is 16.3. The summed E-state index contributed by atoms with van der Waals surface area (Å²) in [6.07, 6.45) is 5.08. The summed E-state index contributed by atoms with van der Waals surface area (Å²) >= 11 is 0. The number of nitrogens with zero attached hydrogens (tertiary/aromatic N) is 4. The van der Waals surface area contributed by atoms with Gasteiger partial charge in [0.05, 0.1) is 12.3 Å². The highest BCUT2D eigenvalue weighted by molar-refractivity contribution is 5.49. The van der Waals surface area contributed by atoms with Gasteiger partial charge in [-0.25, -0.2) is 9.97 Å². The summed E-state index contributed by atoms with van der Waals surface area (Å²) in [4.78, 5) is 13.9. The van der Waals surface area contributed by atoms with E-state index in [-0.39, 0.29) is 0 Å². The zero-order chi connectivity index (χ0) is 17.1. The van der Waals surface area contributed by atoms with Gasteiger partial charge in [-0.3, -0.25) is 0 Å². The van der Waals surface area contributed by atoms with Crippen LogP contribution in [-0.2, 0) is 13.0 Å². The second-order valence-corrected chi connectivity index (χ2v) is 7.16. The van der Waals surface area contributed by atoms with E-state index in [9.17, 15) is 0 Å². The van der Waals surface area contributed by atoms with Gasteiger partial charge in [0.1, 0.15) is 17.9 Å². The Morgan fingerprint density at radius 3 is 2.68 bits per heavy atom. The number of rotatable bonds is 4. The first-order valence-electron chi connectivity index (χ1n) is 9.23. The van der Waals surface area contributed by atoms with E-state index in [1.165, 1.54) is 11.3 Å². The quantitative estimate of drug-likeness (QED) is 0.857. The van der Waals surface area contributed by atoms with Gasteiger partial charge in [-0.1, -0.05) is 18.2 Å². The van der Waals surface area contributed by atoms with Crippen LogP contribution in [0.3, 0.4) is 0 Å². The number of fused-ring (bicyclic) bond motifs is 1. The lowest BCUT2D eigenvalue weighted by molar-refractivity contribution is 0.222. The van der Waals surface area contributed by atoms with E-state index >= 15 is 0 Å². The smallest absolute Gasteiger partial charge is 0.136 e. The summed E-state index contributed by atoms with van der Waals surface area (Å²) in [5.74, 6) is 2.74. The van der Waals surface area contributed by atoms with Crippen LogP contribution in [-0.4, -0.2) is 48.2 Å². The molecule has 1 aromatic carbocycles. The van der Waals surface area contributed by atoms with Crippen LogP contribution < -0.4 is 9.64 Å². The Labute approximate surface area is 149 Å². The fraction of sp³-hybridized carbons (Fsp3) is 0.500. The molecule has 0 unspecified atom stereocenters. The molecule has 1 fully saturated rings. The van der Waals surface area contributed by atoms with E-state index in [1.54, 1.807) is 6.33 Å². The van der Waals surface area contributed by atoms with Crippen LogP contribution in [0.5, 0.6) is 5.75 Å². The number of likely N-dealkylation sites (N-methyl/N-ethyl adjacent to an activating group) is 1. The normalized spacial score (nSPS) is 18.8. The number of para-hydroxylation sites is 1. The predicted molar refractivity (Wildman–Crippen MR) is 98.9 cm³/mol. The average Bonchev–Trinajstić information content (AvgIpc) is 2.67. The molecule has 0 aliphatic carbocycles. The maximum Gasteiger partial charge on any atom is 0.136 e. The number of hydrogen-bond acceptors (Lipinski definition) is 5. The fourth-order valence-corrected chi connectivity index (χ4v) is 3.78. The molecular weight excluding hydrogens is 312 g/mol. The number of aromatic nitrogens is 2. The molecule has 0 bridgehead atoms. The molecule has 2 aromatic rings. The first-order valence-corrected chi connectivity index (χ1v) is 9.23. The van der Waals surface area contributed by atoms with E-state index in [0.29, 0.717) is 5.92 Å². The van der Waals surface area contributed by atoms with E-state index < -0.39 is 0 Å². The molecule has 0 N–H and O–H groups in total. The van der Waals surface area contributed by atoms with Gasteiger partial charge in [-0.05, 0) is 37.9 Å². The zero-order valence-corrected chi connectivity index (χ0v) is 14.9. The van der Waals surface area contributed by atoms with E-state index in [1.807, 2.05) is 30.3 Å². The van der Waals surface area contributed by atoms with E-state index in [2.05, 4.69) is 26.8 Å². The molecule has 5 heteroatoms. The zero-order valence-electron chi connectivity index (χ0n) is 14.9. The molecule has 1 saturated heterocycles. The van der Waals surface area contributed by atoms with Crippen molar-refractivity contribution in [3.8, 4) is 5.75 Å². The monoisotopic (exact) mass is 338 g/mol. The summed E-state index contributed by atoms with van der Waals surface area (Å²) < 4.78 is 5.94. The lowest BCUT2D eigenvalue weighted by Crippen LogP contribution is -2.38. The molecular formula is C20H26N4O. The molecule has 0 amide bonds. The van der Waals surface area contributed by atoms with Crippen LogP contribution in [0.4, 0.5) is 5.82 Å². The molecule has 3 heterocycles. The van der Waals surface area contributed by atoms with Crippen molar-refractivity contribution in [1.82, 2.24) is 14.9 Å². The van der Waals surface area contributed by atoms with Crippen molar-refractivity contribution >= 4 is 5.82 Å². The van der Waals surface area contributed by atoms with Crippen molar-refractivity contribution in [1.29, 1.82) is 0 Å². The van der Waals surface area contributed by atoms with Gasteiger partial charge < -0.3 is 14.5 Å². The topological polar surface area (TPSA) is 41.5 Å². The van der Waals surface area contributed by atoms with Crippen molar-refractivity contribution in [2.24, 2.45) is 5.92 Å². The summed E-state index contributed by atoms with van der Waals surface area (Å²) in [5.41, 5.74) is 2.56. The standard InChI is InChI=1S/C20H26N4O/c1-23-10-9-19-18(13-23)20(22-15-21-19)24-11-7-16(8-12-24)14-25-17-5-3-2-4-6-17/h2-6,15-16H,7-14H2,1H3. The van der Waals surface area contributed by atoms with Gasteiger partial charge in [-0.15, -0.1) is 0 Å². The number of piperidine rings is 1. The molecule has 2 aliphatic heterocycles. The van der Waals surface area contributed by atoms with Crippen molar-refractivity contribution < 1.29 is 4.74 Å². The summed E-state index contributed by atoms with van der Waals surface area (Å²) in [6.45, 7) is 4.96. The van der Waals surface area contributed by atoms with Crippen LogP contribution in [0.25, 0.3) is 0 Å². The number of anilines is 1. The second-order valence-electron chi connectivity index (χ2n) is 7.16. The second kappa shape index (κ2) is 7.40. The van der Waals surface area contributed by atoms with E-state index in [0.717, 1.165) is 63.6 Å². The number of ether oxygens (including phenoxy) is 1. The number of benzene rings is 1. The van der Waals surface area contributed by atoms with Crippen molar-refractivity contribution in [3.63, 3.8) is 0 Å². The molecule has 0 saturated carbocycles. The Balaban J connectivity index is 1.36. The minimum Gasteiger partial charge on any atom is -0.493 e. The van der Waals surface area contributed by atoms with Crippen LogP contribution >= 0.6 is 0 Å². The van der Waals surface area contributed by atoms with Crippen LogP contribution in [0.1, 0.15) is 24.1 Å². The first-order chi connectivity index (χ1) is 12.3. The van der Waals surface area contributed by atoms with Crippen molar-refractivity contribution in [2.45, 2.75) is 25.8 Å². The molecule has 1 aromatic heterocycles. The Hall–Kier alpha value is -2.14. The lowest BCUT2D eigenvalue weighted by atomic mass is 9.97. The average molecular weight is 338 g/mol. The molecule has 25 heavy (non-hydrogen) atoms. The van der Waals surface area contributed by atoms with Crippen LogP contribution in [0.2, 0.25) is 0 Å². The molecule has 0 radical (unpaired) electrons. The maximum absolute atomic E-state index is 5.94. The Kier molecular flexibility index (Phi) is 4.83. The molecule has 4 rings (SSSR count). The maximum atomic E-state index is 5.94. The van der Waals surface area contributed by atoms with Crippen molar-refractivity contribution in [2.75, 3.05) is 38.2 Å². The predicted octanol–water partition coefficient (Wildman–Crippen LogP) is 2.76. The van der Waals surface area contributed by atoms with Gasteiger partial charge in [-0.2, -0.15) is 0 Å². The minimum atomic E-state index is 0.622. The number of hydrogen-bond donors (Lipinski definition) is 0. The Morgan fingerprint density at radius 2 is 1.88 bits per heavy atom. The molecule has 5 nitrogen and oxygen atoms in total. The highest BCUT2D eigenvalue weighted by Gasteiger charge is 2.26. The van der Waals surface area contributed by atoms with E-state index in [4.69, 9.17) is 4.74 Å². The summed E-state index contributed by atoms with van der Waals surface area (Å²) in [6, 6.07) is 10.1. The van der Waals surface area contributed by atoms with Gasteiger partial charge in [0, 0.05) is 38.2 Å². The summed E-state index contributed by atoms with van der Waals surface area (Å²) in [5, 5.41) is 0. The highest BCUT2D eigenvalue weighted by Crippen LogP contribution is 2.29. The Bertz CT molecular complexity index is 698. The minimum absolute atomic E-state index is 0.622. The summed E-state index contributed by atoms with van der Waals surface area (Å²) in [7, 11) is 2.17. The third kappa shape index (κ3) is 3.76. The van der Waals surface area contributed by atoms with Gasteiger partial charge >= 0.3 is 0 Å².